The van der Waals surface area contributed by atoms with E-state index in [-0.39, 0.29) is 24.4 Å². The molecule has 0 radical (unpaired) electrons. The van der Waals surface area contributed by atoms with E-state index in [1.165, 1.54) is 7.05 Å². The molecule has 3 heterocycles. The number of fused-ring (bicyclic) bond motifs is 1. The third-order valence-corrected chi connectivity index (χ3v) is 4.95. The summed E-state index contributed by atoms with van der Waals surface area (Å²) in [6, 6.07) is -0.856. The van der Waals surface area contributed by atoms with E-state index in [0.29, 0.717) is 30.4 Å². The quantitative estimate of drug-likeness (QED) is 0.732. The first-order valence-electron chi connectivity index (χ1n) is 8.18. The molecule has 8 heteroatoms. The van der Waals surface area contributed by atoms with Gasteiger partial charge >= 0.3 is 6.03 Å². The largest absolute Gasteiger partial charge is 0.334 e. The summed E-state index contributed by atoms with van der Waals surface area (Å²) in [5.74, 6) is 0.607. The van der Waals surface area contributed by atoms with Crippen molar-refractivity contribution < 1.29 is 14.4 Å². The van der Waals surface area contributed by atoms with Crippen LogP contribution < -0.4 is 0 Å². The summed E-state index contributed by atoms with van der Waals surface area (Å²) in [5, 5.41) is 0. The predicted octanol–water partition coefficient (Wildman–Crippen LogP) is 0.381. The van der Waals surface area contributed by atoms with E-state index in [4.69, 9.17) is 0 Å². The molecule has 3 fully saturated rings. The SMILES string of the molecule is Cc1ncc(C(=O)N2CCN3C(=O)N(C)C(=O)C3C2)c(C2CC2)n1. The summed E-state index contributed by atoms with van der Waals surface area (Å²) in [7, 11) is 1.48. The Hall–Kier alpha value is -2.51. The van der Waals surface area contributed by atoms with Crippen molar-refractivity contribution in [2.45, 2.75) is 31.7 Å². The molecule has 1 aromatic rings. The van der Waals surface area contributed by atoms with Gasteiger partial charge in [-0.25, -0.2) is 14.8 Å². The minimum Gasteiger partial charge on any atom is -0.334 e. The lowest BCUT2D eigenvalue weighted by atomic mass is 10.1. The summed E-state index contributed by atoms with van der Waals surface area (Å²) in [6.45, 7) is 2.83. The van der Waals surface area contributed by atoms with Crippen LogP contribution in [0.25, 0.3) is 0 Å². The van der Waals surface area contributed by atoms with Crippen LogP contribution in [0.3, 0.4) is 0 Å². The zero-order chi connectivity index (χ0) is 17.0. The summed E-state index contributed by atoms with van der Waals surface area (Å²) >= 11 is 0. The molecule has 1 unspecified atom stereocenters. The van der Waals surface area contributed by atoms with Gasteiger partial charge in [0.05, 0.1) is 17.8 Å². The highest BCUT2D eigenvalue weighted by atomic mass is 16.2. The first-order valence-corrected chi connectivity index (χ1v) is 8.18. The van der Waals surface area contributed by atoms with Crippen molar-refractivity contribution in [1.82, 2.24) is 24.7 Å². The maximum absolute atomic E-state index is 12.9. The summed E-state index contributed by atoms with van der Waals surface area (Å²) < 4.78 is 0. The molecule has 24 heavy (non-hydrogen) atoms. The zero-order valence-electron chi connectivity index (χ0n) is 13.7. The van der Waals surface area contributed by atoms with Gasteiger partial charge in [0.2, 0.25) is 0 Å². The lowest BCUT2D eigenvalue weighted by molar-refractivity contribution is -0.128. The van der Waals surface area contributed by atoms with Crippen LogP contribution in [0.15, 0.2) is 6.20 Å². The van der Waals surface area contributed by atoms with Crippen molar-refractivity contribution in [3.8, 4) is 0 Å². The van der Waals surface area contributed by atoms with Gasteiger partial charge in [0, 0.05) is 32.3 Å². The molecule has 2 saturated heterocycles. The van der Waals surface area contributed by atoms with E-state index in [1.54, 1.807) is 16.0 Å². The molecule has 2 aliphatic heterocycles. The normalized spacial score (nSPS) is 23.8. The smallest absolute Gasteiger partial charge is 0.327 e. The van der Waals surface area contributed by atoms with Crippen molar-refractivity contribution in [2.75, 3.05) is 26.7 Å². The van der Waals surface area contributed by atoms with Crippen LogP contribution in [0, 0.1) is 6.92 Å². The Morgan fingerprint density at radius 3 is 2.71 bits per heavy atom. The Morgan fingerprint density at radius 1 is 1.25 bits per heavy atom. The molecule has 0 aromatic carbocycles. The molecule has 1 aromatic heterocycles. The van der Waals surface area contributed by atoms with Gasteiger partial charge in [-0.05, 0) is 19.8 Å². The Morgan fingerprint density at radius 2 is 2.00 bits per heavy atom. The summed E-state index contributed by atoms with van der Waals surface area (Å²) in [5.41, 5.74) is 1.35. The van der Waals surface area contributed by atoms with E-state index in [1.807, 2.05) is 6.92 Å². The number of hydrogen-bond acceptors (Lipinski definition) is 5. The summed E-state index contributed by atoms with van der Waals surface area (Å²) in [6.07, 6.45) is 3.69. The summed E-state index contributed by atoms with van der Waals surface area (Å²) in [4.78, 5) is 50.1. The Kier molecular flexibility index (Phi) is 3.29. The molecule has 0 N–H and O–H groups in total. The number of nitrogens with zero attached hydrogens (tertiary/aromatic N) is 5. The number of urea groups is 1. The highest BCUT2D eigenvalue weighted by Crippen LogP contribution is 2.40. The Labute approximate surface area is 139 Å². The molecule has 126 valence electrons. The highest BCUT2D eigenvalue weighted by molar-refractivity contribution is 6.05. The van der Waals surface area contributed by atoms with E-state index in [9.17, 15) is 14.4 Å². The topological polar surface area (TPSA) is 86.7 Å². The molecule has 1 saturated carbocycles. The molecule has 4 amide bonds. The predicted molar refractivity (Wildman–Crippen MR) is 83.3 cm³/mol. The molecule has 3 aliphatic rings. The van der Waals surface area contributed by atoms with Gasteiger partial charge in [-0.1, -0.05) is 0 Å². The van der Waals surface area contributed by atoms with Crippen molar-refractivity contribution in [3.63, 3.8) is 0 Å². The Bertz CT molecular complexity index is 745. The van der Waals surface area contributed by atoms with Crippen molar-refractivity contribution in [1.29, 1.82) is 0 Å². The van der Waals surface area contributed by atoms with Crippen LogP contribution in [0.4, 0.5) is 4.79 Å². The van der Waals surface area contributed by atoms with Crippen LogP contribution in [-0.4, -0.2) is 75.2 Å². The fourth-order valence-corrected chi connectivity index (χ4v) is 3.41. The van der Waals surface area contributed by atoms with Gasteiger partial charge in [-0.15, -0.1) is 0 Å². The third kappa shape index (κ3) is 2.24. The molecule has 0 spiro atoms. The second-order valence-corrected chi connectivity index (χ2v) is 6.63. The van der Waals surface area contributed by atoms with E-state index < -0.39 is 6.04 Å². The van der Waals surface area contributed by atoms with E-state index in [0.717, 1.165) is 23.4 Å². The minimum absolute atomic E-state index is 0.147. The molecular formula is C16H19N5O3. The number of carbonyl (C=O) groups excluding carboxylic acids is 3. The van der Waals surface area contributed by atoms with Crippen molar-refractivity contribution in [3.05, 3.63) is 23.3 Å². The number of aryl methyl sites for hydroxylation is 1. The molecule has 4 rings (SSSR count). The van der Waals surface area contributed by atoms with Gasteiger partial charge < -0.3 is 9.80 Å². The number of rotatable bonds is 2. The number of aromatic nitrogens is 2. The van der Waals surface area contributed by atoms with Gasteiger partial charge in [-0.3, -0.25) is 14.5 Å². The van der Waals surface area contributed by atoms with Gasteiger partial charge in [0.1, 0.15) is 11.9 Å². The maximum atomic E-state index is 12.9. The van der Waals surface area contributed by atoms with Gasteiger partial charge in [0.15, 0.2) is 0 Å². The van der Waals surface area contributed by atoms with Crippen LogP contribution in [-0.2, 0) is 4.79 Å². The third-order valence-electron chi connectivity index (χ3n) is 4.95. The first-order chi connectivity index (χ1) is 11.5. The van der Waals surface area contributed by atoms with Gasteiger partial charge in [-0.2, -0.15) is 0 Å². The fraction of sp³-hybridized carbons (Fsp3) is 0.562. The highest BCUT2D eigenvalue weighted by Gasteiger charge is 2.47. The fourth-order valence-electron chi connectivity index (χ4n) is 3.41. The molecule has 1 aliphatic carbocycles. The van der Waals surface area contributed by atoms with Crippen LogP contribution in [0.2, 0.25) is 0 Å². The standard InChI is InChI=1S/C16H19N5O3/c1-9-17-7-11(13(18-9)10-3-4-10)14(22)20-5-6-21-12(8-20)15(23)19(2)16(21)24/h7,10,12H,3-6,8H2,1-2H3. The lowest BCUT2D eigenvalue weighted by Gasteiger charge is -2.35. The Balaban J connectivity index is 1.58. The molecular weight excluding hydrogens is 310 g/mol. The van der Waals surface area contributed by atoms with Crippen molar-refractivity contribution in [2.24, 2.45) is 0 Å². The van der Waals surface area contributed by atoms with Crippen LogP contribution in [0.1, 0.15) is 40.6 Å². The number of likely N-dealkylation sites (N-methyl/N-ethyl adjacent to an activating group) is 1. The zero-order valence-corrected chi connectivity index (χ0v) is 13.7. The number of amides is 4. The second-order valence-electron chi connectivity index (χ2n) is 6.63. The van der Waals surface area contributed by atoms with Crippen LogP contribution in [0.5, 0.6) is 0 Å². The number of hydrogen-bond donors (Lipinski definition) is 0. The van der Waals surface area contributed by atoms with Crippen molar-refractivity contribution >= 4 is 17.8 Å². The molecule has 1 atom stereocenters. The minimum atomic E-state index is -0.573. The molecule has 0 bridgehead atoms. The average Bonchev–Trinajstić information content (AvgIpc) is 3.40. The maximum Gasteiger partial charge on any atom is 0.327 e. The number of carbonyl (C=O) groups is 3. The molecule has 8 nitrogen and oxygen atoms in total. The average molecular weight is 329 g/mol. The van der Waals surface area contributed by atoms with Gasteiger partial charge in [0.25, 0.3) is 11.8 Å². The monoisotopic (exact) mass is 329 g/mol. The first kappa shape index (κ1) is 15.0. The van der Waals surface area contributed by atoms with E-state index in [2.05, 4.69) is 9.97 Å². The lowest BCUT2D eigenvalue weighted by Crippen LogP contribution is -2.54. The van der Waals surface area contributed by atoms with E-state index >= 15 is 0 Å². The second kappa shape index (κ2) is 5.25. The van der Waals surface area contributed by atoms with Crippen LogP contribution >= 0.6 is 0 Å². The number of piperazine rings is 1. The number of imide groups is 1.